The Morgan fingerprint density at radius 1 is 1.21 bits per heavy atom. The van der Waals surface area contributed by atoms with E-state index in [4.69, 9.17) is 5.11 Å². The first kappa shape index (κ1) is 15.2. The maximum Gasteiger partial charge on any atom is 0.328 e. The van der Waals surface area contributed by atoms with Gasteiger partial charge >= 0.3 is 5.97 Å². The molecule has 0 aliphatic carbocycles. The number of carbonyl (C=O) groups excluding carboxylic acids is 1. The maximum atomic E-state index is 10.8. The third-order valence-corrected chi connectivity index (χ3v) is 2.95. The van der Waals surface area contributed by atoms with Gasteiger partial charge in [-0.1, -0.05) is 45.0 Å². The molecule has 0 aliphatic rings. The van der Waals surface area contributed by atoms with E-state index in [0.29, 0.717) is 18.4 Å². The Labute approximate surface area is 114 Å². The standard InChI is InChI=1S/C16H20O3/c1-16(2,3)14-8-6-12(7-9-14)13(5-4-10-17)11-15(18)19/h6-11H,4-5H2,1-3H3,(H,18,19). The predicted molar refractivity (Wildman–Crippen MR) is 76.1 cm³/mol. The summed E-state index contributed by atoms with van der Waals surface area (Å²) in [6.45, 7) is 6.38. The van der Waals surface area contributed by atoms with Crippen molar-refractivity contribution in [3.05, 3.63) is 41.5 Å². The van der Waals surface area contributed by atoms with E-state index in [1.165, 1.54) is 11.6 Å². The third kappa shape index (κ3) is 4.70. The molecule has 0 aromatic heterocycles. The fourth-order valence-corrected chi connectivity index (χ4v) is 1.85. The van der Waals surface area contributed by atoms with Crippen LogP contribution >= 0.6 is 0 Å². The van der Waals surface area contributed by atoms with Crippen molar-refractivity contribution in [1.82, 2.24) is 0 Å². The quantitative estimate of drug-likeness (QED) is 0.652. The van der Waals surface area contributed by atoms with E-state index >= 15 is 0 Å². The molecule has 1 aromatic rings. The number of aliphatic carboxylic acids is 1. The second-order valence-electron chi connectivity index (χ2n) is 5.54. The highest BCUT2D eigenvalue weighted by atomic mass is 16.4. The molecule has 0 fully saturated rings. The molecule has 0 aliphatic heterocycles. The molecule has 1 aromatic carbocycles. The molecule has 0 atom stereocenters. The van der Waals surface area contributed by atoms with Gasteiger partial charge in [0.05, 0.1) is 0 Å². The van der Waals surface area contributed by atoms with Crippen LogP contribution in [0.15, 0.2) is 30.3 Å². The van der Waals surface area contributed by atoms with Crippen molar-refractivity contribution in [3.8, 4) is 0 Å². The largest absolute Gasteiger partial charge is 0.478 e. The zero-order valence-electron chi connectivity index (χ0n) is 11.6. The van der Waals surface area contributed by atoms with Crippen molar-refractivity contribution in [2.24, 2.45) is 0 Å². The molecule has 0 bridgehead atoms. The first-order chi connectivity index (χ1) is 8.84. The molecule has 0 saturated carbocycles. The monoisotopic (exact) mass is 260 g/mol. The lowest BCUT2D eigenvalue weighted by Gasteiger charge is -2.19. The number of carboxylic acid groups (broad SMARTS) is 1. The van der Waals surface area contributed by atoms with Gasteiger partial charge in [0.1, 0.15) is 6.29 Å². The van der Waals surface area contributed by atoms with Crippen LogP contribution in [0.25, 0.3) is 5.57 Å². The highest BCUT2D eigenvalue weighted by Crippen LogP contribution is 2.25. The van der Waals surface area contributed by atoms with E-state index in [0.717, 1.165) is 11.8 Å². The molecule has 0 saturated heterocycles. The minimum absolute atomic E-state index is 0.0675. The molecule has 102 valence electrons. The van der Waals surface area contributed by atoms with Gasteiger partial charge in [0.2, 0.25) is 0 Å². The van der Waals surface area contributed by atoms with Crippen LogP contribution in [0.3, 0.4) is 0 Å². The van der Waals surface area contributed by atoms with Gasteiger partial charge in [-0.2, -0.15) is 0 Å². The minimum atomic E-state index is -0.985. The lowest BCUT2D eigenvalue weighted by Crippen LogP contribution is -2.10. The number of benzene rings is 1. The SMILES string of the molecule is CC(C)(C)c1ccc(C(=CC(=O)O)CCC=O)cc1. The highest BCUT2D eigenvalue weighted by Gasteiger charge is 2.13. The van der Waals surface area contributed by atoms with Crippen LogP contribution in [-0.4, -0.2) is 17.4 Å². The van der Waals surface area contributed by atoms with Gasteiger partial charge in [-0.15, -0.1) is 0 Å². The van der Waals surface area contributed by atoms with Crippen LogP contribution in [0, 0.1) is 0 Å². The predicted octanol–water partition coefficient (Wildman–Crippen LogP) is 3.43. The summed E-state index contributed by atoms with van der Waals surface area (Å²) in [5.74, 6) is -0.985. The second-order valence-corrected chi connectivity index (χ2v) is 5.54. The van der Waals surface area contributed by atoms with Crippen molar-refractivity contribution in [2.45, 2.75) is 39.0 Å². The Bertz CT molecular complexity index is 476. The summed E-state index contributed by atoms with van der Waals surface area (Å²) in [5.41, 5.74) is 2.80. The van der Waals surface area contributed by atoms with Crippen LogP contribution < -0.4 is 0 Å². The van der Waals surface area contributed by atoms with Crippen LogP contribution in [0.2, 0.25) is 0 Å². The van der Waals surface area contributed by atoms with Gasteiger partial charge in [-0.05, 0) is 28.5 Å². The van der Waals surface area contributed by atoms with Gasteiger partial charge in [0, 0.05) is 12.5 Å². The molecule has 1 rings (SSSR count). The molecular weight excluding hydrogens is 240 g/mol. The zero-order chi connectivity index (χ0) is 14.5. The fourth-order valence-electron chi connectivity index (χ4n) is 1.85. The Morgan fingerprint density at radius 3 is 2.21 bits per heavy atom. The molecule has 3 nitrogen and oxygen atoms in total. The molecule has 3 heteroatoms. The number of aldehydes is 1. The number of rotatable bonds is 5. The maximum absolute atomic E-state index is 10.8. The summed E-state index contributed by atoms with van der Waals surface area (Å²) in [7, 11) is 0. The molecule has 1 N–H and O–H groups in total. The van der Waals surface area contributed by atoms with Crippen LogP contribution in [0.1, 0.15) is 44.7 Å². The number of carbonyl (C=O) groups is 2. The van der Waals surface area contributed by atoms with E-state index in [1.807, 2.05) is 24.3 Å². The molecular formula is C16H20O3. The minimum Gasteiger partial charge on any atom is -0.478 e. The van der Waals surface area contributed by atoms with E-state index in [9.17, 15) is 9.59 Å². The lowest BCUT2D eigenvalue weighted by atomic mass is 9.86. The zero-order valence-corrected chi connectivity index (χ0v) is 11.6. The third-order valence-electron chi connectivity index (χ3n) is 2.95. The fraction of sp³-hybridized carbons (Fsp3) is 0.375. The highest BCUT2D eigenvalue weighted by molar-refractivity contribution is 5.90. The first-order valence-electron chi connectivity index (χ1n) is 6.32. The van der Waals surface area contributed by atoms with Crippen LogP contribution in [-0.2, 0) is 15.0 Å². The Morgan fingerprint density at radius 2 is 1.79 bits per heavy atom. The molecule has 0 radical (unpaired) electrons. The lowest BCUT2D eigenvalue weighted by molar-refractivity contribution is -0.131. The summed E-state index contributed by atoms with van der Waals surface area (Å²) in [4.78, 5) is 21.2. The smallest absolute Gasteiger partial charge is 0.328 e. The summed E-state index contributed by atoms with van der Waals surface area (Å²) >= 11 is 0. The topological polar surface area (TPSA) is 54.4 Å². The normalized spacial score (nSPS) is 12.3. The first-order valence-corrected chi connectivity index (χ1v) is 6.32. The van der Waals surface area contributed by atoms with Gasteiger partial charge in [0.25, 0.3) is 0 Å². The Hall–Kier alpha value is -1.90. The molecule has 0 unspecified atom stereocenters. The average Bonchev–Trinajstić information content (AvgIpc) is 2.33. The number of hydrogen-bond acceptors (Lipinski definition) is 2. The van der Waals surface area contributed by atoms with Crippen molar-refractivity contribution in [1.29, 1.82) is 0 Å². The number of hydrogen-bond donors (Lipinski definition) is 1. The summed E-state index contributed by atoms with van der Waals surface area (Å²) in [6.07, 6.45) is 2.76. The molecule has 0 heterocycles. The molecule has 0 spiro atoms. The van der Waals surface area contributed by atoms with Crippen molar-refractivity contribution in [2.75, 3.05) is 0 Å². The molecule has 19 heavy (non-hydrogen) atoms. The van der Waals surface area contributed by atoms with Gasteiger partial charge < -0.3 is 9.90 Å². The van der Waals surface area contributed by atoms with Crippen molar-refractivity contribution < 1.29 is 14.7 Å². The Balaban J connectivity index is 3.04. The summed E-state index contributed by atoms with van der Waals surface area (Å²) in [5, 5.41) is 8.86. The van der Waals surface area contributed by atoms with E-state index in [2.05, 4.69) is 20.8 Å². The Kier molecular flexibility index (Phi) is 5.04. The van der Waals surface area contributed by atoms with Gasteiger partial charge in [-0.3, -0.25) is 0 Å². The van der Waals surface area contributed by atoms with Crippen LogP contribution in [0.5, 0.6) is 0 Å². The summed E-state index contributed by atoms with van der Waals surface area (Å²) in [6, 6.07) is 7.85. The average molecular weight is 260 g/mol. The van der Waals surface area contributed by atoms with E-state index < -0.39 is 5.97 Å². The van der Waals surface area contributed by atoms with Crippen molar-refractivity contribution in [3.63, 3.8) is 0 Å². The number of allylic oxidation sites excluding steroid dienone is 1. The van der Waals surface area contributed by atoms with E-state index in [-0.39, 0.29) is 5.41 Å². The van der Waals surface area contributed by atoms with Crippen molar-refractivity contribution >= 4 is 17.8 Å². The van der Waals surface area contributed by atoms with Crippen LogP contribution in [0.4, 0.5) is 0 Å². The van der Waals surface area contributed by atoms with E-state index in [1.54, 1.807) is 0 Å². The molecule has 0 amide bonds. The second kappa shape index (κ2) is 6.32. The van der Waals surface area contributed by atoms with Gasteiger partial charge in [-0.25, -0.2) is 4.79 Å². The van der Waals surface area contributed by atoms with Gasteiger partial charge in [0.15, 0.2) is 0 Å². The summed E-state index contributed by atoms with van der Waals surface area (Å²) < 4.78 is 0. The number of carboxylic acids is 1.